The molecule has 0 radical (unpaired) electrons. The highest BCUT2D eigenvalue weighted by Crippen LogP contribution is 2.28. The molecule has 1 saturated heterocycles. The van der Waals surface area contributed by atoms with Gasteiger partial charge in [-0.3, -0.25) is 0 Å². The molecular weight excluding hydrogens is 300 g/mol. The lowest BCUT2D eigenvalue weighted by atomic mass is 9.94. The quantitative estimate of drug-likeness (QED) is 0.554. The van der Waals surface area contributed by atoms with Crippen molar-refractivity contribution in [1.82, 2.24) is 10.2 Å². The molecule has 0 aliphatic carbocycles. The van der Waals surface area contributed by atoms with Crippen molar-refractivity contribution in [2.75, 3.05) is 40.4 Å². The molecule has 1 aromatic rings. The first-order valence-electron chi connectivity index (χ1n) is 8.92. The van der Waals surface area contributed by atoms with E-state index in [9.17, 15) is 0 Å². The zero-order valence-electron chi connectivity index (χ0n) is 15.4. The number of nitrogens with zero attached hydrogens (tertiary/aromatic N) is 1. The SMILES string of the molecule is C=C(C)COc1cc(CNCCC2CCN(C)CC2)ccc1OC. The van der Waals surface area contributed by atoms with Gasteiger partial charge in [0, 0.05) is 6.54 Å². The van der Waals surface area contributed by atoms with Gasteiger partial charge in [-0.05, 0) is 82.1 Å². The average Bonchev–Trinajstić information content (AvgIpc) is 2.58. The standard InChI is InChI=1S/C20H32N2O2/c1-16(2)15-24-20-13-18(5-6-19(20)23-4)14-21-10-7-17-8-11-22(3)12-9-17/h5-6,13,17,21H,1,7-12,14-15H2,2-4H3. The van der Waals surface area contributed by atoms with Crippen LogP contribution in [0.1, 0.15) is 31.7 Å². The van der Waals surface area contributed by atoms with Crippen LogP contribution in [0.2, 0.25) is 0 Å². The summed E-state index contributed by atoms with van der Waals surface area (Å²) in [5.74, 6) is 2.43. The van der Waals surface area contributed by atoms with Crippen molar-refractivity contribution in [3.05, 3.63) is 35.9 Å². The number of likely N-dealkylation sites (tertiary alicyclic amines) is 1. The molecular formula is C20H32N2O2. The van der Waals surface area contributed by atoms with Gasteiger partial charge in [-0.1, -0.05) is 12.6 Å². The normalized spacial score (nSPS) is 16.1. The summed E-state index contributed by atoms with van der Waals surface area (Å²) in [5.41, 5.74) is 2.22. The molecule has 1 heterocycles. The minimum atomic E-state index is 0.517. The third-order valence-electron chi connectivity index (χ3n) is 4.60. The minimum absolute atomic E-state index is 0.517. The van der Waals surface area contributed by atoms with Gasteiger partial charge >= 0.3 is 0 Å². The summed E-state index contributed by atoms with van der Waals surface area (Å²) in [5, 5.41) is 3.56. The fraction of sp³-hybridized carbons (Fsp3) is 0.600. The van der Waals surface area contributed by atoms with Crippen LogP contribution < -0.4 is 14.8 Å². The molecule has 1 N–H and O–H groups in total. The number of piperidine rings is 1. The Hall–Kier alpha value is -1.52. The van der Waals surface area contributed by atoms with Crippen molar-refractivity contribution in [1.29, 1.82) is 0 Å². The molecule has 1 aromatic carbocycles. The molecule has 0 unspecified atom stereocenters. The first kappa shape index (κ1) is 18.8. The Bertz CT molecular complexity index is 522. The zero-order valence-corrected chi connectivity index (χ0v) is 15.4. The fourth-order valence-corrected chi connectivity index (χ4v) is 3.03. The fourth-order valence-electron chi connectivity index (χ4n) is 3.03. The highest BCUT2D eigenvalue weighted by atomic mass is 16.5. The molecule has 134 valence electrons. The van der Waals surface area contributed by atoms with Crippen LogP contribution in [0.5, 0.6) is 11.5 Å². The second-order valence-electron chi connectivity index (χ2n) is 6.94. The average molecular weight is 332 g/mol. The van der Waals surface area contributed by atoms with E-state index in [0.29, 0.717) is 6.61 Å². The van der Waals surface area contributed by atoms with E-state index in [2.05, 4.69) is 36.0 Å². The van der Waals surface area contributed by atoms with Crippen LogP contribution in [-0.4, -0.2) is 45.3 Å². The maximum absolute atomic E-state index is 5.78. The van der Waals surface area contributed by atoms with Gasteiger partial charge in [0.05, 0.1) is 7.11 Å². The molecule has 1 aliphatic rings. The Labute approximate surface area is 146 Å². The van der Waals surface area contributed by atoms with Crippen LogP contribution in [0.4, 0.5) is 0 Å². The van der Waals surface area contributed by atoms with Gasteiger partial charge in [0.1, 0.15) is 6.61 Å². The van der Waals surface area contributed by atoms with Gasteiger partial charge in [-0.2, -0.15) is 0 Å². The summed E-state index contributed by atoms with van der Waals surface area (Å²) in [4.78, 5) is 2.42. The number of hydrogen-bond donors (Lipinski definition) is 1. The molecule has 1 aliphatic heterocycles. The Morgan fingerprint density at radius 1 is 1.29 bits per heavy atom. The summed E-state index contributed by atoms with van der Waals surface area (Å²) in [6.45, 7) is 10.8. The third-order valence-corrected chi connectivity index (χ3v) is 4.60. The number of benzene rings is 1. The topological polar surface area (TPSA) is 33.7 Å². The van der Waals surface area contributed by atoms with E-state index < -0.39 is 0 Å². The second-order valence-corrected chi connectivity index (χ2v) is 6.94. The molecule has 0 spiro atoms. The van der Waals surface area contributed by atoms with Gasteiger partial charge in [0.25, 0.3) is 0 Å². The predicted molar refractivity (Wildman–Crippen MR) is 99.8 cm³/mol. The summed E-state index contributed by atoms with van der Waals surface area (Å²) in [6, 6.07) is 6.13. The highest BCUT2D eigenvalue weighted by Gasteiger charge is 2.15. The Morgan fingerprint density at radius 3 is 2.71 bits per heavy atom. The summed E-state index contributed by atoms with van der Waals surface area (Å²) >= 11 is 0. The summed E-state index contributed by atoms with van der Waals surface area (Å²) in [7, 11) is 3.88. The highest BCUT2D eigenvalue weighted by molar-refractivity contribution is 5.43. The number of rotatable bonds is 9. The molecule has 24 heavy (non-hydrogen) atoms. The molecule has 2 rings (SSSR count). The Morgan fingerprint density at radius 2 is 2.04 bits per heavy atom. The lowest BCUT2D eigenvalue weighted by Gasteiger charge is -2.28. The predicted octanol–water partition coefficient (Wildman–Crippen LogP) is 3.47. The van der Waals surface area contributed by atoms with Crippen LogP contribution in [0, 0.1) is 5.92 Å². The van der Waals surface area contributed by atoms with Crippen LogP contribution in [-0.2, 0) is 6.54 Å². The van der Waals surface area contributed by atoms with Gasteiger partial charge in [0.15, 0.2) is 11.5 Å². The van der Waals surface area contributed by atoms with Crippen molar-refractivity contribution >= 4 is 0 Å². The van der Waals surface area contributed by atoms with Crippen molar-refractivity contribution in [3.63, 3.8) is 0 Å². The van der Waals surface area contributed by atoms with Crippen molar-refractivity contribution in [3.8, 4) is 11.5 Å². The van der Waals surface area contributed by atoms with Gasteiger partial charge in [-0.15, -0.1) is 0 Å². The van der Waals surface area contributed by atoms with Crippen LogP contribution >= 0.6 is 0 Å². The van der Waals surface area contributed by atoms with Gasteiger partial charge in [-0.25, -0.2) is 0 Å². The largest absolute Gasteiger partial charge is 0.493 e. The number of hydrogen-bond acceptors (Lipinski definition) is 4. The van der Waals surface area contributed by atoms with Gasteiger partial charge in [0.2, 0.25) is 0 Å². The molecule has 0 bridgehead atoms. The van der Waals surface area contributed by atoms with Crippen LogP contribution in [0.3, 0.4) is 0 Å². The maximum Gasteiger partial charge on any atom is 0.161 e. The summed E-state index contributed by atoms with van der Waals surface area (Å²) in [6.07, 6.45) is 3.93. The van der Waals surface area contributed by atoms with Gasteiger partial charge < -0.3 is 19.7 Å². The number of nitrogens with one attached hydrogen (secondary N) is 1. The molecule has 0 amide bonds. The molecule has 1 fully saturated rings. The number of methoxy groups -OCH3 is 1. The first-order chi connectivity index (χ1) is 11.6. The second kappa shape index (κ2) is 9.70. The molecule has 4 heteroatoms. The third kappa shape index (κ3) is 6.17. The smallest absolute Gasteiger partial charge is 0.161 e. The van der Waals surface area contributed by atoms with E-state index in [4.69, 9.17) is 9.47 Å². The van der Waals surface area contributed by atoms with E-state index >= 15 is 0 Å². The van der Waals surface area contributed by atoms with E-state index in [-0.39, 0.29) is 0 Å². The Balaban J connectivity index is 1.77. The number of ether oxygens (including phenoxy) is 2. The lowest BCUT2D eigenvalue weighted by molar-refractivity contribution is 0.211. The summed E-state index contributed by atoms with van der Waals surface area (Å²) < 4.78 is 11.2. The monoisotopic (exact) mass is 332 g/mol. The van der Waals surface area contributed by atoms with E-state index in [0.717, 1.165) is 36.1 Å². The maximum atomic E-state index is 5.78. The van der Waals surface area contributed by atoms with Crippen molar-refractivity contribution < 1.29 is 9.47 Å². The zero-order chi connectivity index (χ0) is 17.4. The van der Waals surface area contributed by atoms with Crippen molar-refractivity contribution in [2.24, 2.45) is 5.92 Å². The Kier molecular flexibility index (Phi) is 7.60. The van der Waals surface area contributed by atoms with E-state index in [1.165, 1.54) is 37.9 Å². The van der Waals surface area contributed by atoms with E-state index in [1.54, 1.807) is 7.11 Å². The molecule has 0 saturated carbocycles. The lowest BCUT2D eigenvalue weighted by Crippen LogP contribution is -2.31. The molecule has 4 nitrogen and oxygen atoms in total. The molecule has 0 atom stereocenters. The van der Waals surface area contributed by atoms with Crippen molar-refractivity contribution in [2.45, 2.75) is 32.7 Å². The van der Waals surface area contributed by atoms with E-state index in [1.807, 2.05) is 13.0 Å². The first-order valence-corrected chi connectivity index (χ1v) is 8.92. The van der Waals surface area contributed by atoms with Crippen LogP contribution in [0.15, 0.2) is 30.4 Å². The molecule has 0 aromatic heterocycles. The van der Waals surface area contributed by atoms with Crippen LogP contribution in [0.25, 0.3) is 0 Å². The minimum Gasteiger partial charge on any atom is -0.493 e.